The van der Waals surface area contributed by atoms with E-state index in [0.29, 0.717) is 28.5 Å². The van der Waals surface area contributed by atoms with Crippen molar-refractivity contribution in [3.63, 3.8) is 0 Å². The van der Waals surface area contributed by atoms with Gasteiger partial charge in [-0.2, -0.15) is 0 Å². The average molecular weight is 306 g/mol. The number of nitrogens with zero attached hydrogens (tertiary/aromatic N) is 1. The molecule has 1 rings (SSSR count). The Morgan fingerprint density at radius 2 is 2.44 bits per heavy atom. The van der Waals surface area contributed by atoms with Crippen molar-refractivity contribution in [2.45, 2.75) is 13.3 Å². The number of aromatic nitrogens is 1. The van der Waals surface area contributed by atoms with Crippen molar-refractivity contribution in [3.05, 3.63) is 28.5 Å². The second-order valence-corrected chi connectivity index (χ2v) is 4.86. The maximum Gasteiger partial charge on any atom is 0.271 e. The molecule has 0 radical (unpaired) electrons. The molecule has 0 fully saturated rings. The molecule has 0 bridgehead atoms. The van der Waals surface area contributed by atoms with Gasteiger partial charge in [0.1, 0.15) is 5.69 Å². The van der Waals surface area contributed by atoms with E-state index in [-0.39, 0.29) is 5.91 Å². The Kier molecular flexibility index (Phi) is 5.77. The lowest BCUT2D eigenvalue weighted by atomic mass is 10.1. The quantitative estimate of drug-likeness (QED) is 0.850. The summed E-state index contributed by atoms with van der Waals surface area (Å²) >= 11 is 8.91. The number of alkyl halides is 1. The number of carbonyl (C=O) groups excluding carboxylic acids is 1. The van der Waals surface area contributed by atoms with Crippen LogP contribution in [-0.2, 0) is 0 Å². The van der Waals surface area contributed by atoms with Crippen LogP contribution in [0.3, 0.4) is 0 Å². The van der Waals surface area contributed by atoms with Gasteiger partial charge in [-0.15, -0.1) is 11.6 Å². The van der Waals surface area contributed by atoms with Crippen molar-refractivity contribution in [1.29, 1.82) is 0 Å². The van der Waals surface area contributed by atoms with Gasteiger partial charge in [0.25, 0.3) is 5.91 Å². The Morgan fingerprint density at radius 3 is 3.06 bits per heavy atom. The van der Waals surface area contributed by atoms with Crippen molar-refractivity contribution < 1.29 is 4.79 Å². The number of carbonyl (C=O) groups is 1. The number of pyridine rings is 1. The largest absolute Gasteiger partial charge is 0.350 e. The standard InChI is InChI=1S/C11H14BrClN2O/c1-8(4-5-13)7-15-11(16)10-9(12)3-2-6-14-10/h2-3,6,8H,4-5,7H2,1H3,(H,15,16). The second-order valence-electron chi connectivity index (χ2n) is 3.63. The monoisotopic (exact) mass is 304 g/mol. The molecule has 16 heavy (non-hydrogen) atoms. The number of amides is 1. The van der Waals surface area contributed by atoms with Gasteiger partial charge in [-0.05, 0) is 40.4 Å². The minimum atomic E-state index is -0.158. The molecule has 0 spiro atoms. The number of hydrogen-bond acceptors (Lipinski definition) is 2. The van der Waals surface area contributed by atoms with Crippen molar-refractivity contribution in [3.8, 4) is 0 Å². The molecule has 1 unspecified atom stereocenters. The Morgan fingerprint density at radius 1 is 1.69 bits per heavy atom. The molecule has 1 N–H and O–H groups in total. The molecule has 1 aromatic rings. The molecule has 0 aliphatic rings. The first kappa shape index (κ1) is 13.5. The van der Waals surface area contributed by atoms with Crippen LogP contribution in [0.15, 0.2) is 22.8 Å². The molecule has 0 aromatic carbocycles. The lowest BCUT2D eigenvalue weighted by Gasteiger charge is -2.11. The van der Waals surface area contributed by atoms with Crippen LogP contribution in [0.4, 0.5) is 0 Å². The molecule has 88 valence electrons. The summed E-state index contributed by atoms with van der Waals surface area (Å²) in [5, 5.41) is 2.83. The van der Waals surface area contributed by atoms with Crippen molar-refractivity contribution in [2.75, 3.05) is 12.4 Å². The number of hydrogen-bond donors (Lipinski definition) is 1. The first-order valence-corrected chi connectivity index (χ1v) is 6.42. The molecule has 1 atom stereocenters. The maximum absolute atomic E-state index is 11.7. The lowest BCUT2D eigenvalue weighted by molar-refractivity contribution is 0.0942. The third-order valence-corrected chi connectivity index (χ3v) is 3.04. The van der Waals surface area contributed by atoms with Gasteiger partial charge in [-0.3, -0.25) is 4.79 Å². The zero-order valence-electron chi connectivity index (χ0n) is 9.04. The fourth-order valence-corrected chi connectivity index (χ4v) is 2.00. The van der Waals surface area contributed by atoms with E-state index >= 15 is 0 Å². The highest BCUT2D eigenvalue weighted by molar-refractivity contribution is 9.10. The van der Waals surface area contributed by atoms with E-state index in [4.69, 9.17) is 11.6 Å². The summed E-state index contributed by atoms with van der Waals surface area (Å²) in [5.74, 6) is 0.836. The SMILES string of the molecule is CC(CCCl)CNC(=O)c1ncccc1Br. The third kappa shape index (κ3) is 4.10. The van der Waals surface area contributed by atoms with E-state index in [2.05, 4.69) is 33.2 Å². The van der Waals surface area contributed by atoms with E-state index in [1.54, 1.807) is 18.3 Å². The normalized spacial score (nSPS) is 12.2. The molecule has 3 nitrogen and oxygen atoms in total. The number of nitrogens with one attached hydrogen (secondary N) is 1. The predicted octanol–water partition coefficient (Wildman–Crippen LogP) is 2.84. The highest BCUT2D eigenvalue weighted by Gasteiger charge is 2.11. The van der Waals surface area contributed by atoms with Crippen LogP contribution in [0.1, 0.15) is 23.8 Å². The average Bonchev–Trinajstić information content (AvgIpc) is 2.27. The van der Waals surface area contributed by atoms with Crippen molar-refractivity contribution in [1.82, 2.24) is 10.3 Å². The van der Waals surface area contributed by atoms with Crippen molar-refractivity contribution >= 4 is 33.4 Å². The topological polar surface area (TPSA) is 42.0 Å². The molecule has 1 amide bonds. The number of halogens is 2. The Labute approximate surface area is 109 Å². The van der Waals surface area contributed by atoms with Crippen molar-refractivity contribution in [2.24, 2.45) is 5.92 Å². The molecule has 1 aromatic heterocycles. The fourth-order valence-electron chi connectivity index (χ4n) is 1.19. The van der Waals surface area contributed by atoms with Gasteiger partial charge in [0.2, 0.25) is 0 Å². The van der Waals surface area contributed by atoms with Gasteiger partial charge in [-0.25, -0.2) is 4.98 Å². The zero-order valence-corrected chi connectivity index (χ0v) is 11.4. The summed E-state index contributed by atoms with van der Waals surface area (Å²) in [7, 11) is 0. The van der Waals surface area contributed by atoms with Gasteiger partial charge < -0.3 is 5.32 Å². The highest BCUT2D eigenvalue weighted by atomic mass is 79.9. The smallest absolute Gasteiger partial charge is 0.271 e. The molecule has 0 aliphatic heterocycles. The molecule has 1 heterocycles. The summed E-state index contributed by atoms with van der Waals surface area (Å²) in [6.07, 6.45) is 2.49. The van der Waals surface area contributed by atoms with Crippen LogP contribution < -0.4 is 5.32 Å². The van der Waals surface area contributed by atoms with Gasteiger partial charge in [0.15, 0.2) is 0 Å². The van der Waals surface area contributed by atoms with Crippen LogP contribution in [-0.4, -0.2) is 23.3 Å². The van der Waals surface area contributed by atoms with E-state index in [1.165, 1.54) is 0 Å². The van der Waals surface area contributed by atoms with Gasteiger partial charge in [0, 0.05) is 23.1 Å². The van der Waals surface area contributed by atoms with Gasteiger partial charge in [-0.1, -0.05) is 6.92 Å². The molecule has 0 saturated heterocycles. The Balaban J connectivity index is 2.50. The summed E-state index contributed by atoms with van der Waals surface area (Å²) in [5.41, 5.74) is 0.417. The van der Waals surface area contributed by atoms with E-state index < -0.39 is 0 Å². The second kappa shape index (κ2) is 6.86. The molecular weight excluding hydrogens is 291 g/mol. The molecular formula is C11H14BrClN2O. The van der Waals surface area contributed by atoms with Crippen LogP contribution in [0.2, 0.25) is 0 Å². The first-order chi connectivity index (χ1) is 7.65. The maximum atomic E-state index is 11.7. The van der Waals surface area contributed by atoms with Crippen LogP contribution >= 0.6 is 27.5 Å². The van der Waals surface area contributed by atoms with E-state index in [9.17, 15) is 4.79 Å². The summed E-state index contributed by atoms with van der Waals surface area (Å²) in [6.45, 7) is 2.67. The number of rotatable bonds is 5. The highest BCUT2D eigenvalue weighted by Crippen LogP contribution is 2.13. The fraction of sp³-hybridized carbons (Fsp3) is 0.455. The van der Waals surface area contributed by atoms with E-state index in [0.717, 1.165) is 6.42 Å². The Bertz CT molecular complexity index is 360. The van der Waals surface area contributed by atoms with Gasteiger partial charge >= 0.3 is 0 Å². The molecule has 0 saturated carbocycles. The van der Waals surface area contributed by atoms with Crippen LogP contribution in [0.25, 0.3) is 0 Å². The predicted molar refractivity (Wildman–Crippen MR) is 68.8 cm³/mol. The van der Waals surface area contributed by atoms with Crippen LogP contribution in [0.5, 0.6) is 0 Å². The first-order valence-electron chi connectivity index (χ1n) is 5.09. The molecule has 0 aliphatic carbocycles. The van der Waals surface area contributed by atoms with E-state index in [1.807, 2.05) is 0 Å². The minimum absolute atomic E-state index is 0.158. The Hall–Kier alpha value is -0.610. The summed E-state index contributed by atoms with van der Waals surface area (Å²) in [4.78, 5) is 15.8. The summed E-state index contributed by atoms with van der Waals surface area (Å²) < 4.78 is 0.706. The molecule has 5 heteroatoms. The zero-order chi connectivity index (χ0) is 12.0. The third-order valence-electron chi connectivity index (χ3n) is 2.19. The lowest BCUT2D eigenvalue weighted by Crippen LogP contribution is -2.29. The summed E-state index contributed by atoms with van der Waals surface area (Å²) in [6, 6.07) is 3.57. The van der Waals surface area contributed by atoms with Gasteiger partial charge in [0.05, 0.1) is 0 Å². The van der Waals surface area contributed by atoms with Crippen LogP contribution in [0, 0.1) is 5.92 Å². The minimum Gasteiger partial charge on any atom is -0.350 e.